The Morgan fingerprint density at radius 2 is 1.94 bits per heavy atom. The van der Waals surface area contributed by atoms with Crippen LogP contribution < -0.4 is 5.32 Å². The fraction of sp³-hybridized carbons (Fsp3) is 1.00. The predicted molar refractivity (Wildman–Crippen MR) is 67.7 cm³/mol. The van der Waals surface area contributed by atoms with E-state index in [2.05, 4.69) is 29.1 Å². The van der Waals surface area contributed by atoms with Crippen LogP contribution >= 0.6 is 0 Å². The van der Waals surface area contributed by atoms with E-state index in [0.717, 1.165) is 39.0 Å². The topological polar surface area (TPSA) is 38.7 Å². The van der Waals surface area contributed by atoms with Crippen LogP contribution in [0.4, 0.5) is 0 Å². The van der Waals surface area contributed by atoms with Crippen LogP contribution in [-0.2, 0) is 0 Å². The lowest BCUT2D eigenvalue weighted by Crippen LogP contribution is -2.49. The van der Waals surface area contributed by atoms with E-state index in [4.69, 9.17) is 5.11 Å². The molecule has 1 unspecified atom stereocenters. The standard InChI is InChI=1S/C12H27N3O/c1-3-5-13-12(4-10-16)11-15-8-6-14(2)7-9-15/h12-13,16H,3-11H2,1-2H3. The Balaban J connectivity index is 2.24. The van der Waals surface area contributed by atoms with Crippen molar-refractivity contribution in [1.29, 1.82) is 0 Å². The van der Waals surface area contributed by atoms with Gasteiger partial charge in [0.2, 0.25) is 0 Å². The Morgan fingerprint density at radius 1 is 1.25 bits per heavy atom. The SMILES string of the molecule is CCCNC(CCO)CN1CCN(C)CC1. The molecule has 0 aromatic rings. The molecule has 0 saturated carbocycles. The van der Waals surface area contributed by atoms with E-state index in [1.807, 2.05) is 0 Å². The van der Waals surface area contributed by atoms with Crippen molar-refractivity contribution in [3.8, 4) is 0 Å². The van der Waals surface area contributed by atoms with Crippen LogP contribution in [0, 0.1) is 0 Å². The van der Waals surface area contributed by atoms with Gasteiger partial charge in [0, 0.05) is 45.4 Å². The van der Waals surface area contributed by atoms with E-state index >= 15 is 0 Å². The van der Waals surface area contributed by atoms with Gasteiger partial charge in [-0.25, -0.2) is 0 Å². The third-order valence-corrected chi connectivity index (χ3v) is 3.24. The third-order valence-electron chi connectivity index (χ3n) is 3.24. The maximum Gasteiger partial charge on any atom is 0.0446 e. The summed E-state index contributed by atoms with van der Waals surface area (Å²) >= 11 is 0. The summed E-state index contributed by atoms with van der Waals surface area (Å²) in [5.74, 6) is 0. The highest BCUT2D eigenvalue weighted by Gasteiger charge is 2.17. The molecular weight excluding hydrogens is 202 g/mol. The lowest BCUT2D eigenvalue weighted by Gasteiger charge is -2.34. The monoisotopic (exact) mass is 229 g/mol. The molecule has 1 rings (SSSR count). The number of piperazine rings is 1. The van der Waals surface area contributed by atoms with Crippen LogP contribution in [0.3, 0.4) is 0 Å². The number of rotatable bonds is 7. The van der Waals surface area contributed by atoms with Crippen molar-refractivity contribution in [2.45, 2.75) is 25.8 Å². The van der Waals surface area contributed by atoms with Gasteiger partial charge in [0.15, 0.2) is 0 Å². The fourth-order valence-electron chi connectivity index (χ4n) is 2.10. The van der Waals surface area contributed by atoms with E-state index < -0.39 is 0 Å². The second-order valence-corrected chi connectivity index (χ2v) is 4.77. The molecule has 0 aromatic carbocycles. The number of aliphatic hydroxyl groups is 1. The zero-order valence-corrected chi connectivity index (χ0v) is 10.8. The van der Waals surface area contributed by atoms with Gasteiger partial charge in [0.25, 0.3) is 0 Å². The zero-order valence-electron chi connectivity index (χ0n) is 10.8. The molecule has 4 nitrogen and oxygen atoms in total. The van der Waals surface area contributed by atoms with Gasteiger partial charge in [-0.1, -0.05) is 6.92 Å². The molecule has 1 aliphatic heterocycles. The molecule has 2 N–H and O–H groups in total. The molecule has 0 aliphatic carbocycles. The normalized spacial score (nSPS) is 21.2. The van der Waals surface area contributed by atoms with Gasteiger partial charge in [-0.15, -0.1) is 0 Å². The van der Waals surface area contributed by atoms with Gasteiger partial charge in [-0.2, -0.15) is 0 Å². The van der Waals surface area contributed by atoms with Crippen molar-refractivity contribution in [3.05, 3.63) is 0 Å². The van der Waals surface area contributed by atoms with Gasteiger partial charge in [0.05, 0.1) is 0 Å². The smallest absolute Gasteiger partial charge is 0.0446 e. The van der Waals surface area contributed by atoms with E-state index in [1.54, 1.807) is 0 Å². The van der Waals surface area contributed by atoms with Gasteiger partial charge in [-0.3, -0.25) is 4.90 Å². The second-order valence-electron chi connectivity index (χ2n) is 4.77. The highest BCUT2D eigenvalue weighted by atomic mass is 16.3. The summed E-state index contributed by atoms with van der Waals surface area (Å²) in [6, 6.07) is 0.452. The third kappa shape index (κ3) is 5.25. The number of nitrogens with one attached hydrogen (secondary N) is 1. The van der Waals surface area contributed by atoms with Crippen LogP contribution in [0.15, 0.2) is 0 Å². The molecule has 0 spiro atoms. The molecule has 0 radical (unpaired) electrons. The van der Waals surface area contributed by atoms with Crippen molar-refractivity contribution in [1.82, 2.24) is 15.1 Å². The minimum absolute atomic E-state index is 0.287. The molecule has 16 heavy (non-hydrogen) atoms. The first-order valence-electron chi connectivity index (χ1n) is 6.51. The summed E-state index contributed by atoms with van der Waals surface area (Å²) in [4.78, 5) is 4.88. The number of aliphatic hydroxyl groups excluding tert-OH is 1. The first kappa shape index (κ1) is 13.9. The highest BCUT2D eigenvalue weighted by Crippen LogP contribution is 2.02. The molecule has 1 heterocycles. The Hall–Kier alpha value is -0.160. The van der Waals surface area contributed by atoms with Crippen molar-refractivity contribution >= 4 is 0 Å². The summed E-state index contributed by atoms with van der Waals surface area (Å²) in [5.41, 5.74) is 0. The molecule has 1 saturated heterocycles. The Bertz CT molecular complexity index is 170. The number of hydrogen-bond acceptors (Lipinski definition) is 4. The fourth-order valence-corrected chi connectivity index (χ4v) is 2.10. The summed E-state index contributed by atoms with van der Waals surface area (Å²) in [5, 5.41) is 12.6. The second kappa shape index (κ2) is 8.01. The minimum atomic E-state index is 0.287. The van der Waals surface area contributed by atoms with Gasteiger partial charge in [0.1, 0.15) is 0 Å². The highest BCUT2D eigenvalue weighted by molar-refractivity contribution is 4.76. The molecule has 1 aliphatic rings. The Labute approximate surface area is 99.6 Å². The quantitative estimate of drug-likeness (QED) is 0.644. The van der Waals surface area contributed by atoms with Crippen LogP contribution in [-0.4, -0.2) is 73.9 Å². The van der Waals surface area contributed by atoms with Gasteiger partial charge in [-0.05, 0) is 26.4 Å². The van der Waals surface area contributed by atoms with E-state index in [9.17, 15) is 0 Å². The summed E-state index contributed by atoms with van der Waals surface area (Å²) in [6.45, 7) is 9.25. The van der Waals surface area contributed by atoms with Crippen molar-refractivity contribution < 1.29 is 5.11 Å². The average molecular weight is 229 g/mol. The first-order chi connectivity index (χ1) is 7.76. The van der Waals surface area contributed by atoms with Crippen molar-refractivity contribution in [3.63, 3.8) is 0 Å². The van der Waals surface area contributed by atoms with E-state index in [0.29, 0.717) is 6.04 Å². The summed E-state index contributed by atoms with van der Waals surface area (Å²) in [7, 11) is 2.18. The van der Waals surface area contributed by atoms with Crippen LogP contribution in [0.5, 0.6) is 0 Å². The molecule has 1 fully saturated rings. The van der Waals surface area contributed by atoms with E-state index in [1.165, 1.54) is 13.1 Å². The maximum absolute atomic E-state index is 9.04. The lowest BCUT2D eigenvalue weighted by atomic mass is 10.2. The molecule has 0 bridgehead atoms. The van der Waals surface area contributed by atoms with Crippen LogP contribution in [0.1, 0.15) is 19.8 Å². The number of nitrogens with zero attached hydrogens (tertiary/aromatic N) is 2. The molecule has 0 amide bonds. The minimum Gasteiger partial charge on any atom is -0.396 e. The summed E-state index contributed by atoms with van der Waals surface area (Å²) in [6.07, 6.45) is 2.02. The Kier molecular flexibility index (Phi) is 6.96. The van der Waals surface area contributed by atoms with E-state index in [-0.39, 0.29) is 6.61 Å². The summed E-state index contributed by atoms with van der Waals surface area (Å²) < 4.78 is 0. The molecule has 96 valence electrons. The van der Waals surface area contributed by atoms with Gasteiger partial charge >= 0.3 is 0 Å². The van der Waals surface area contributed by atoms with Crippen LogP contribution in [0.2, 0.25) is 0 Å². The average Bonchev–Trinajstić information content (AvgIpc) is 2.29. The zero-order chi connectivity index (χ0) is 11.8. The Morgan fingerprint density at radius 3 is 2.50 bits per heavy atom. The van der Waals surface area contributed by atoms with Crippen molar-refractivity contribution in [2.75, 3.05) is 52.9 Å². The largest absolute Gasteiger partial charge is 0.396 e. The van der Waals surface area contributed by atoms with Gasteiger partial charge < -0.3 is 15.3 Å². The molecule has 1 atom stereocenters. The maximum atomic E-state index is 9.04. The van der Waals surface area contributed by atoms with Crippen LogP contribution in [0.25, 0.3) is 0 Å². The first-order valence-corrected chi connectivity index (χ1v) is 6.51. The lowest BCUT2D eigenvalue weighted by molar-refractivity contribution is 0.135. The predicted octanol–water partition coefficient (Wildman–Crippen LogP) is -0.0156. The van der Waals surface area contributed by atoms with Crippen molar-refractivity contribution in [2.24, 2.45) is 0 Å². The number of likely N-dealkylation sites (N-methyl/N-ethyl adjacent to an activating group) is 1. The molecular formula is C12H27N3O. The number of hydrogen-bond donors (Lipinski definition) is 2. The molecule has 0 aromatic heterocycles. The molecule has 4 heteroatoms.